The Kier molecular flexibility index (Phi) is 8.22. The number of para-hydroxylation sites is 2. The molecule has 4 aromatic carbocycles. The number of esters is 3. The van der Waals surface area contributed by atoms with Gasteiger partial charge in [0.1, 0.15) is 45.5 Å². The zero-order valence-corrected chi connectivity index (χ0v) is 25.2. The van der Waals surface area contributed by atoms with E-state index in [2.05, 4.69) is 0 Å². The third kappa shape index (κ3) is 5.97. The third-order valence-electron chi connectivity index (χ3n) is 7.33. The fourth-order valence-corrected chi connectivity index (χ4v) is 5.31. The molecular formula is C36H24O12. The first-order valence-electron chi connectivity index (χ1n) is 14.3. The monoisotopic (exact) mass is 648 g/mol. The number of benzene rings is 4. The summed E-state index contributed by atoms with van der Waals surface area (Å²) in [5.41, 5.74) is -2.33. The van der Waals surface area contributed by atoms with E-state index in [0.29, 0.717) is 0 Å². The Hall–Kier alpha value is -6.69. The van der Waals surface area contributed by atoms with Crippen molar-refractivity contribution >= 4 is 39.8 Å². The summed E-state index contributed by atoms with van der Waals surface area (Å²) in [4.78, 5) is 63.0. The second-order valence-electron chi connectivity index (χ2n) is 10.5. The highest BCUT2D eigenvalue weighted by atomic mass is 16.6. The summed E-state index contributed by atoms with van der Waals surface area (Å²) in [7, 11) is 0. The Morgan fingerprint density at radius 1 is 0.625 bits per heavy atom. The van der Waals surface area contributed by atoms with Crippen molar-refractivity contribution in [1.29, 1.82) is 0 Å². The van der Waals surface area contributed by atoms with Gasteiger partial charge in [0.25, 0.3) is 0 Å². The first kappa shape index (κ1) is 31.3. The van der Waals surface area contributed by atoms with Crippen molar-refractivity contribution in [2.75, 3.05) is 0 Å². The Morgan fingerprint density at radius 3 is 1.65 bits per heavy atom. The predicted molar refractivity (Wildman–Crippen MR) is 170 cm³/mol. The number of rotatable bonds is 7. The fourth-order valence-electron chi connectivity index (χ4n) is 5.31. The van der Waals surface area contributed by atoms with E-state index in [4.69, 9.17) is 23.0 Å². The molecule has 0 aliphatic heterocycles. The van der Waals surface area contributed by atoms with Crippen LogP contribution in [0.15, 0.2) is 109 Å². The summed E-state index contributed by atoms with van der Waals surface area (Å²) in [5.74, 6) is -4.79. The number of carbonyl (C=O) groups excluding carboxylic acids is 3. The average molecular weight is 649 g/mol. The molecule has 0 bridgehead atoms. The molecule has 0 aliphatic rings. The molecule has 0 fully saturated rings. The van der Waals surface area contributed by atoms with E-state index in [1.54, 1.807) is 24.3 Å². The Morgan fingerprint density at radius 2 is 1.12 bits per heavy atom. The lowest BCUT2D eigenvalue weighted by Gasteiger charge is -2.20. The van der Waals surface area contributed by atoms with E-state index < -0.39 is 46.6 Å². The summed E-state index contributed by atoms with van der Waals surface area (Å²) in [6.07, 6.45) is 0. The van der Waals surface area contributed by atoms with Gasteiger partial charge < -0.3 is 33.3 Å². The van der Waals surface area contributed by atoms with Crippen molar-refractivity contribution in [1.82, 2.24) is 0 Å². The highest BCUT2D eigenvalue weighted by molar-refractivity contribution is 5.95. The van der Waals surface area contributed by atoms with Gasteiger partial charge in [-0.15, -0.1) is 0 Å². The molecule has 0 atom stereocenters. The third-order valence-corrected chi connectivity index (χ3v) is 7.33. The van der Waals surface area contributed by atoms with Crippen LogP contribution in [-0.4, -0.2) is 28.1 Å². The molecule has 12 nitrogen and oxygen atoms in total. The van der Waals surface area contributed by atoms with Crippen LogP contribution in [0.1, 0.15) is 46.8 Å². The van der Waals surface area contributed by atoms with Gasteiger partial charge in [0.15, 0.2) is 0 Å². The lowest BCUT2D eigenvalue weighted by Crippen LogP contribution is -2.21. The molecule has 0 aliphatic carbocycles. The zero-order chi connectivity index (χ0) is 34.1. The molecule has 48 heavy (non-hydrogen) atoms. The molecule has 240 valence electrons. The maximum Gasteiger partial charge on any atom is 0.347 e. The van der Waals surface area contributed by atoms with Crippen molar-refractivity contribution in [3.05, 3.63) is 134 Å². The second kappa shape index (κ2) is 12.6. The van der Waals surface area contributed by atoms with Crippen molar-refractivity contribution in [2.45, 2.75) is 19.8 Å². The molecule has 6 aromatic rings. The summed E-state index contributed by atoms with van der Waals surface area (Å²) < 4.78 is 26.6. The van der Waals surface area contributed by atoms with E-state index >= 15 is 0 Å². The molecule has 0 saturated carbocycles. The van der Waals surface area contributed by atoms with Gasteiger partial charge in [0, 0.05) is 19.9 Å². The number of aromatic hydroxyl groups is 2. The van der Waals surface area contributed by atoms with Crippen LogP contribution in [0.3, 0.4) is 0 Å². The number of carbonyl (C=O) groups is 3. The van der Waals surface area contributed by atoms with Crippen LogP contribution in [0, 0.1) is 0 Å². The van der Waals surface area contributed by atoms with Gasteiger partial charge in [-0.1, -0.05) is 36.4 Å². The lowest BCUT2D eigenvalue weighted by atomic mass is 9.84. The van der Waals surface area contributed by atoms with E-state index in [1.165, 1.54) is 73.7 Å². The van der Waals surface area contributed by atoms with Gasteiger partial charge in [-0.05, 0) is 54.1 Å². The average Bonchev–Trinajstić information content (AvgIpc) is 3.04. The topological polar surface area (TPSA) is 180 Å². The van der Waals surface area contributed by atoms with Crippen molar-refractivity contribution in [3.63, 3.8) is 0 Å². The minimum atomic E-state index is -1.40. The second-order valence-corrected chi connectivity index (χ2v) is 10.5. The standard InChI is InChI=1S/C36H24O12/c1-18(37)44-22-15-16-25(28(17-22)45-19(2)38)34(41)46-21-13-11-20(12-14-21)29(30-32(39)23-7-3-5-9-26(23)47-35(30)42)31-33(40)24-8-4-6-10-27(24)48-36(31)43/h3-17,29,39-40H,1-2H3. The maximum atomic E-state index is 13.4. The lowest BCUT2D eigenvalue weighted by molar-refractivity contribution is -0.132. The number of ether oxygens (including phenoxy) is 3. The first-order valence-corrected chi connectivity index (χ1v) is 14.3. The van der Waals surface area contributed by atoms with E-state index in [9.17, 15) is 34.2 Å². The molecule has 2 aromatic heterocycles. The van der Waals surface area contributed by atoms with Gasteiger partial charge in [-0.3, -0.25) is 9.59 Å². The molecule has 0 amide bonds. The molecule has 0 radical (unpaired) electrons. The van der Waals surface area contributed by atoms with Crippen molar-refractivity contribution < 1.29 is 47.6 Å². The van der Waals surface area contributed by atoms with E-state index in [0.717, 1.165) is 6.92 Å². The van der Waals surface area contributed by atoms with Gasteiger partial charge in [0.05, 0.1) is 27.8 Å². The van der Waals surface area contributed by atoms with Crippen molar-refractivity contribution in [2.24, 2.45) is 0 Å². The fraction of sp³-hybridized carbons (Fsp3) is 0.0833. The van der Waals surface area contributed by atoms with Gasteiger partial charge in [-0.25, -0.2) is 14.4 Å². The molecule has 0 spiro atoms. The van der Waals surface area contributed by atoms with Crippen LogP contribution in [0.25, 0.3) is 21.9 Å². The van der Waals surface area contributed by atoms with Crippen LogP contribution >= 0.6 is 0 Å². The van der Waals surface area contributed by atoms with E-state index in [1.807, 2.05) is 0 Å². The van der Waals surface area contributed by atoms with Gasteiger partial charge >= 0.3 is 29.2 Å². The smallest absolute Gasteiger partial charge is 0.347 e. The largest absolute Gasteiger partial charge is 0.507 e. The Bertz CT molecular complexity index is 2270. The zero-order valence-electron chi connectivity index (χ0n) is 25.2. The highest BCUT2D eigenvalue weighted by Crippen LogP contribution is 2.42. The molecule has 12 heteroatoms. The van der Waals surface area contributed by atoms with Gasteiger partial charge in [-0.2, -0.15) is 0 Å². The minimum absolute atomic E-state index is 0.00451. The number of hydrogen-bond acceptors (Lipinski definition) is 12. The van der Waals surface area contributed by atoms with Crippen LogP contribution in [0.4, 0.5) is 0 Å². The van der Waals surface area contributed by atoms with Crippen LogP contribution in [0.5, 0.6) is 28.7 Å². The van der Waals surface area contributed by atoms with Crippen molar-refractivity contribution in [3.8, 4) is 28.7 Å². The maximum absolute atomic E-state index is 13.4. The summed E-state index contributed by atoms with van der Waals surface area (Å²) in [6, 6.07) is 21.9. The van der Waals surface area contributed by atoms with Crippen LogP contribution < -0.4 is 25.5 Å². The Labute approximate surface area is 270 Å². The number of fused-ring (bicyclic) bond motifs is 2. The summed E-state index contributed by atoms with van der Waals surface area (Å²) >= 11 is 0. The normalized spacial score (nSPS) is 11.1. The van der Waals surface area contributed by atoms with E-state index in [-0.39, 0.29) is 61.4 Å². The molecule has 2 heterocycles. The quantitative estimate of drug-likeness (QED) is 0.125. The molecule has 6 rings (SSSR count). The predicted octanol–water partition coefficient (Wildman–Crippen LogP) is 5.56. The molecule has 0 saturated heterocycles. The highest BCUT2D eigenvalue weighted by Gasteiger charge is 2.32. The summed E-state index contributed by atoms with van der Waals surface area (Å²) in [6.45, 7) is 2.31. The summed E-state index contributed by atoms with van der Waals surface area (Å²) in [5, 5.41) is 23.1. The molecule has 0 unspecified atom stereocenters. The SMILES string of the molecule is CC(=O)Oc1ccc(C(=O)Oc2ccc(C(c3c(O)c4ccccc4oc3=O)c3c(O)c4ccccc4oc3=O)cc2)c(OC(C)=O)c1. The molecular weight excluding hydrogens is 624 g/mol. The van der Waals surface area contributed by atoms with Gasteiger partial charge in [0.2, 0.25) is 0 Å². The first-order chi connectivity index (χ1) is 23.0. The minimum Gasteiger partial charge on any atom is -0.507 e. The number of hydrogen-bond donors (Lipinski definition) is 2. The Balaban J connectivity index is 1.44. The molecule has 2 N–H and O–H groups in total. The van der Waals surface area contributed by atoms with Crippen LogP contribution in [0.2, 0.25) is 0 Å². The van der Waals surface area contributed by atoms with Crippen LogP contribution in [-0.2, 0) is 9.59 Å².